The van der Waals surface area contributed by atoms with Crippen LogP contribution in [0.1, 0.15) is 16.8 Å². The highest BCUT2D eigenvalue weighted by Crippen LogP contribution is 2.25. The summed E-state index contributed by atoms with van der Waals surface area (Å²) in [7, 11) is 0. The predicted octanol–water partition coefficient (Wildman–Crippen LogP) is 4.96. The van der Waals surface area contributed by atoms with E-state index in [1.165, 1.54) is 10.6 Å². The molecule has 0 aliphatic heterocycles. The van der Waals surface area contributed by atoms with E-state index in [4.69, 9.17) is 16.3 Å². The van der Waals surface area contributed by atoms with Crippen molar-refractivity contribution in [3.63, 3.8) is 0 Å². The lowest BCUT2D eigenvalue weighted by atomic mass is 10.2. The molecular weight excluding hydrogens is 360 g/mol. The van der Waals surface area contributed by atoms with Crippen LogP contribution < -0.4 is 10.3 Å². The monoisotopic (exact) mass is 375 g/mol. The molecule has 1 heterocycles. The molecule has 2 aromatic carbocycles. The fourth-order valence-electron chi connectivity index (χ4n) is 2.69. The van der Waals surface area contributed by atoms with Gasteiger partial charge in [-0.1, -0.05) is 29.8 Å². The number of para-hydroxylation sites is 1. The van der Waals surface area contributed by atoms with Gasteiger partial charge in [0.2, 0.25) is 0 Å². The normalized spacial score (nSPS) is 10.8. The maximum absolute atomic E-state index is 13.7. The Balaban J connectivity index is 1.96. The molecule has 0 N–H and O–H groups in total. The quantitative estimate of drug-likeness (QED) is 0.645. The number of benzene rings is 2. The molecular formula is C20H16ClF2NO2. The summed E-state index contributed by atoms with van der Waals surface area (Å²) in [6, 6.07) is 12.3. The number of ether oxygens (including phenoxy) is 1. The van der Waals surface area contributed by atoms with Crippen LogP contribution in [0.2, 0.25) is 5.02 Å². The SMILES string of the molecule is Cc1ccccc1-n1c(C)cc(OCc2ccc(F)cc2F)c(Cl)c1=O. The van der Waals surface area contributed by atoms with E-state index < -0.39 is 17.2 Å². The molecule has 0 saturated carbocycles. The molecule has 0 aliphatic rings. The fourth-order valence-corrected chi connectivity index (χ4v) is 2.89. The van der Waals surface area contributed by atoms with Crippen LogP contribution >= 0.6 is 11.6 Å². The summed E-state index contributed by atoms with van der Waals surface area (Å²) in [5, 5.41) is -0.0960. The lowest BCUT2D eigenvalue weighted by molar-refractivity contribution is 0.298. The zero-order valence-corrected chi connectivity index (χ0v) is 15.0. The van der Waals surface area contributed by atoms with Gasteiger partial charge in [-0.2, -0.15) is 0 Å². The van der Waals surface area contributed by atoms with Gasteiger partial charge in [-0.3, -0.25) is 9.36 Å². The average Bonchev–Trinajstić information content (AvgIpc) is 2.60. The van der Waals surface area contributed by atoms with Gasteiger partial charge in [-0.05, 0) is 37.6 Å². The van der Waals surface area contributed by atoms with E-state index in [1.807, 2.05) is 31.2 Å². The van der Waals surface area contributed by atoms with E-state index in [0.717, 1.165) is 23.4 Å². The molecule has 0 amide bonds. The molecule has 3 rings (SSSR count). The third kappa shape index (κ3) is 3.48. The maximum atomic E-state index is 13.7. The van der Waals surface area contributed by atoms with E-state index in [2.05, 4.69) is 0 Å². The number of hydrogen-bond donors (Lipinski definition) is 0. The largest absolute Gasteiger partial charge is 0.487 e. The molecule has 134 valence electrons. The van der Waals surface area contributed by atoms with Crippen molar-refractivity contribution >= 4 is 11.6 Å². The first-order chi connectivity index (χ1) is 12.4. The highest BCUT2D eigenvalue weighted by Gasteiger charge is 2.15. The molecule has 6 heteroatoms. The van der Waals surface area contributed by atoms with Gasteiger partial charge in [0.25, 0.3) is 5.56 Å². The molecule has 3 aromatic rings. The predicted molar refractivity (Wildman–Crippen MR) is 97.2 cm³/mol. The van der Waals surface area contributed by atoms with Gasteiger partial charge >= 0.3 is 0 Å². The molecule has 0 fully saturated rings. The smallest absolute Gasteiger partial charge is 0.277 e. The second-order valence-electron chi connectivity index (χ2n) is 5.92. The summed E-state index contributed by atoms with van der Waals surface area (Å²) in [6.07, 6.45) is 0. The van der Waals surface area contributed by atoms with Gasteiger partial charge in [-0.25, -0.2) is 8.78 Å². The van der Waals surface area contributed by atoms with Crippen molar-refractivity contribution < 1.29 is 13.5 Å². The van der Waals surface area contributed by atoms with Gasteiger partial charge < -0.3 is 4.74 Å². The molecule has 0 atom stereocenters. The fraction of sp³-hybridized carbons (Fsp3) is 0.150. The Kier molecular flexibility index (Phi) is 5.09. The first-order valence-electron chi connectivity index (χ1n) is 7.93. The topological polar surface area (TPSA) is 31.2 Å². The van der Waals surface area contributed by atoms with Crippen molar-refractivity contribution in [2.24, 2.45) is 0 Å². The minimum absolute atomic E-state index is 0.0960. The molecule has 0 aliphatic carbocycles. The lowest BCUT2D eigenvalue weighted by Crippen LogP contribution is -2.22. The van der Waals surface area contributed by atoms with Gasteiger partial charge in [0.1, 0.15) is 29.0 Å². The number of halogens is 3. The molecule has 1 aromatic heterocycles. The third-order valence-corrected chi connectivity index (χ3v) is 4.40. The third-order valence-electron chi connectivity index (χ3n) is 4.05. The van der Waals surface area contributed by atoms with Crippen LogP contribution in [0, 0.1) is 25.5 Å². The zero-order valence-electron chi connectivity index (χ0n) is 14.2. The van der Waals surface area contributed by atoms with E-state index in [1.54, 1.807) is 13.0 Å². The van der Waals surface area contributed by atoms with Crippen molar-refractivity contribution in [2.45, 2.75) is 20.5 Å². The van der Waals surface area contributed by atoms with Crippen LogP contribution in [0.15, 0.2) is 53.3 Å². The molecule has 0 saturated heterocycles. The Labute approximate surface area is 154 Å². The Hall–Kier alpha value is -2.66. The summed E-state index contributed by atoms with van der Waals surface area (Å²) in [5.74, 6) is -1.23. The first-order valence-corrected chi connectivity index (χ1v) is 8.31. The molecule has 0 spiro atoms. The Morgan fingerprint density at radius 3 is 2.50 bits per heavy atom. The van der Waals surface area contributed by atoms with Crippen molar-refractivity contribution in [3.05, 3.63) is 92.4 Å². The van der Waals surface area contributed by atoms with Crippen molar-refractivity contribution in [2.75, 3.05) is 0 Å². The Morgan fingerprint density at radius 2 is 1.81 bits per heavy atom. The maximum Gasteiger partial charge on any atom is 0.277 e. The van der Waals surface area contributed by atoms with Gasteiger partial charge in [0.05, 0.1) is 5.69 Å². The summed E-state index contributed by atoms with van der Waals surface area (Å²) in [5.41, 5.74) is 2.03. The minimum Gasteiger partial charge on any atom is -0.487 e. The molecule has 0 unspecified atom stereocenters. The van der Waals surface area contributed by atoms with Crippen LogP contribution in [-0.4, -0.2) is 4.57 Å². The van der Waals surface area contributed by atoms with Gasteiger partial charge in [0.15, 0.2) is 0 Å². The van der Waals surface area contributed by atoms with Crippen LogP contribution in [0.4, 0.5) is 8.78 Å². The number of nitrogens with zero attached hydrogens (tertiary/aromatic N) is 1. The number of aryl methyl sites for hydroxylation is 2. The molecule has 0 radical (unpaired) electrons. The second-order valence-corrected chi connectivity index (χ2v) is 6.29. The summed E-state index contributed by atoms with van der Waals surface area (Å²) < 4.78 is 33.7. The van der Waals surface area contributed by atoms with E-state index in [0.29, 0.717) is 5.69 Å². The van der Waals surface area contributed by atoms with Crippen LogP contribution in [0.25, 0.3) is 5.69 Å². The Bertz CT molecular complexity index is 1030. The summed E-state index contributed by atoms with van der Waals surface area (Å²) in [6.45, 7) is 3.49. The zero-order chi connectivity index (χ0) is 18.8. The van der Waals surface area contributed by atoms with E-state index >= 15 is 0 Å². The molecule has 26 heavy (non-hydrogen) atoms. The highest BCUT2D eigenvalue weighted by molar-refractivity contribution is 6.31. The lowest BCUT2D eigenvalue weighted by Gasteiger charge is -2.16. The van der Waals surface area contributed by atoms with Crippen molar-refractivity contribution in [1.82, 2.24) is 4.57 Å². The second kappa shape index (κ2) is 7.30. The number of hydrogen-bond acceptors (Lipinski definition) is 2. The van der Waals surface area contributed by atoms with E-state index in [-0.39, 0.29) is 22.9 Å². The van der Waals surface area contributed by atoms with Crippen molar-refractivity contribution in [3.8, 4) is 11.4 Å². The number of rotatable bonds is 4. The highest BCUT2D eigenvalue weighted by atomic mass is 35.5. The van der Waals surface area contributed by atoms with Crippen molar-refractivity contribution in [1.29, 1.82) is 0 Å². The standard InChI is InChI=1S/C20H16ClF2NO2/c1-12-5-3-4-6-17(12)24-13(2)9-18(19(21)20(24)25)26-11-14-7-8-15(22)10-16(14)23/h3-10H,11H2,1-2H3. The average molecular weight is 376 g/mol. The Morgan fingerprint density at radius 1 is 1.08 bits per heavy atom. The molecule has 0 bridgehead atoms. The minimum atomic E-state index is -0.717. The first kappa shape index (κ1) is 18.1. The van der Waals surface area contributed by atoms with Gasteiger partial charge in [0, 0.05) is 23.4 Å². The van der Waals surface area contributed by atoms with Gasteiger partial charge in [-0.15, -0.1) is 0 Å². The van der Waals surface area contributed by atoms with Crippen LogP contribution in [0.5, 0.6) is 5.75 Å². The molecule has 3 nitrogen and oxygen atoms in total. The summed E-state index contributed by atoms with van der Waals surface area (Å²) in [4.78, 5) is 12.7. The van der Waals surface area contributed by atoms with Crippen LogP contribution in [0.3, 0.4) is 0 Å². The van der Waals surface area contributed by atoms with E-state index in [9.17, 15) is 13.6 Å². The summed E-state index contributed by atoms with van der Waals surface area (Å²) >= 11 is 6.19. The number of pyridine rings is 1. The number of aromatic nitrogens is 1. The van der Waals surface area contributed by atoms with Crippen LogP contribution in [-0.2, 0) is 6.61 Å².